The Balaban J connectivity index is 0. The Morgan fingerprint density at radius 2 is 1.73 bits per heavy atom. The van der Waals surface area contributed by atoms with Gasteiger partial charge in [0.05, 0.1) is 0 Å². The first-order valence-electron chi connectivity index (χ1n) is 9.74. The molecule has 2 rings (SSSR count). The van der Waals surface area contributed by atoms with Gasteiger partial charge in [-0.15, -0.1) is 11.6 Å². The molecule has 1 fully saturated rings. The molecule has 2 aliphatic rings. The van der Waals surface area contributed by atoms with E-state index in [9.17, 15) is 0 Å². The SMILES string of the molecule is C.CC(C)CN[C@@H](CN1CCC(C2=CCC(Cl)CC2)CC1)C(C)C.O.O. The minimum atomic E-state index is 0. The fourth-order valence-corrected chi connectivity index (χ4v) is 4.05. The average Bonchev–Trinajstić information content (AvgIpc) is 2.52. The molecule has 158 valence electrons. The number of halogens is 1. The van der Waals surface area contributed by atoms with Gasteiger partial charge >= 0.3 is 0 Å². The molecule has 0 spiro atoms. The summed E-state index contributed by atoms with van der Waals surface area (Å²) < 4.78 is 0. The van der Waals surface area contributed by atoms with Crippen LogP contribution in [0.3, 0.4) is 0 Å². The van der Waals surface area contributed by atoms with Crippen molar-refractivity contribution in [3.05, 3.63) is 11.6 Å². The van der Waals surface area contributed by atoms with Gasteiger partial charge in [-0.2, -0.15) is 0 Å². The molecule has 1 aliphatic carbocycles. The summed E-state index contributed by atoms with van der Waals surface area (Å²) in [7, 11) is 0. The molecule has 0 saturated carbocycles. The third-order valence-electron chi connectivity index (χ3n) is 5.54. The Labute approximate surface area is 167 Å². The molecule has 0 amide bonds. The van der Waals surface area contributed by atoms with Crippen molar-refractivity contribution in [3.63, 3.8) is 0 Å². The van der Waals surface area contributed by atoms with Crippen molar-refractivity contribution in [3.8, 4) is 0 Å². The predicted molar refractivity (Wildman–Crippen MR) is 116 cm³/mol. The summed E-state index contributed by atoms with van der Waals surface area (Å²) in [6.45, 7) is 14.1. The Kier molecular flexibility index (Phi) is 15.1. The summed E-state index contributed by atoms with van der Waals surface area (Å²) in [6.07, 6.45) is 8.64. The minimum Gasteiger partial charge on any atom is -0.412 e. The van der Waals surface area contributed by atoms with Crippen LogP contribution in [0.15, 0.2) is 11.6 Å². The molecule has 2 atom stereocenters. The monoisotopic (exact) mass is 392 g/mol. The fourth-order valence-electron chi connectivity index (χ4n) is 3.86. The van der Waals surface area contributed by atoms with Gasteiger partial charge in [0.25, 0.3) is 0 Å². The number of alkyl halides is 1. The lowest BCUT2D eigenvalue weighted by molar-refractivity contribution is 0.163. The average molecular weight is 393 g/mol. The zero-order valence-corrected chi connectivity index (χ0v) is 17.4. The molecule has 0 bridgehead atoms. The van der Waals surface area contributed by atoms with Gasteiger partial charge in [0.2, 0.25) is 0 Å². The zero-order valence-electron chi connectivity index (χ0n) is 16.7. The lowest BCUT2D eigenvalue weighted by Gasteiger charge is -2.37. The highest BCUT2D eigenvalue weighted by Crippen LogP contribution is 2.33. The fraction of sp³-hybridized carbons (Fsp3) is 0.905. The van der Waals surface area contributed by atoms with E-state index < -0.39 is 0 Å². The van der Waals surface area contributed by atoms with Crippen molar-refractivity contribution < 1.29 is 11.0 Å². The van der Waals surface area contributed by atoms with Crippen LogP contribution in [-0.4, -0.2) is 53.5 Å². The van der Waals surface area contributed by atoms with Gasteiger partial charge in [-0.25, -0.2) is 0 Å². The number of rotatable bonds is 7. The van der Waals surface area contributed by atoms with Gasteiger partial charge in [0.1, 0.15) is 0 Å². The number of nitrogens with one attached hydrogen (secondary N) is 1. The maximum Gasteiger partial charge on any atom is 0.0373 e. The smallest absolute Gasteiger partial charge is 0.0373 e. The minimum absolute atomic E-state index is 0. The van der Waals surface area contributed by atoms with Gasteiger partial charge in [0, 0.05) is 18.0 Å². The van der Waals surface area contributed by atoms with Crippen LogP contribution in [0.5, 0.6) is 0 Å². The number of piperidine rings is 1. The molecule has 1 aliphatic heterocycles. The van der Waals surface area contributed by atoms with E-state index in [2.05, 4.69) is 44.0 Å². The summed E-state index contributed by atoms with van der Waals surface area (Å²) in [5.41, 5.74) is 1.71. The molecule has 0 aromatic rings. The van der Waals surface area contributed by atoms with E-state index in [0.717, 1.165) is 24.8 Å². The van der Waals surface area contributed by atoms with E-state index in [0.29, 0.717) is 17.3 Å². The Hall–Kier alpha value is -0.130. The van der Waals surface area contributed by atoms with Crippen molar-refractivity contribution in [2.45, 2.75) is 78.6 Å². The molecule has 1 unspecified atom stereocenters. The summed E-state index contributed by atoms with van der Waals surface area (Å²) >= 11 is 6.22. The molecule has 1 saturated heterocycles. The second-order valence-electron chi connectivity index (χ2n) is 8.38. The first kappa shape index (κ1) is 28.1. The first-order chi connectivity index (χ1) is 11.0. The summed E-state index contributed by atoms with van der Waals surface area (Å²) in [4.78, 5) is 2.68. The van der Waals surface area contributed by atoms with Crippen molar-refractivity contribution in [2.75, 3.05) is 26.2 Å². The topological polar surface area (TPSA) is 78.3 Å². The van der Waals surface area contributed by atoms with E-state index in [4.69, 9.17) is 11.6 Å². The summed E-state index contributed by atoms with van der Waals surface area (Å²) in [5.74, 6) is 2.26. The first-order valence-corrected chi connectivity index (χ1v) is 10.2. The Morgan fingerprint density at radius 3 is 2.19 bits per heavy atom. The molecular weight excluding hydrogens is 348 g/mol. The van der Waals surface area contributed by atoms with E-state index in [1.807, 2.05) is 0 Å². The second kappa shape index (κ2) is 14.0. The second-order valence-corrected chi connectivity index (χ2v) is 9.00. The number of nitrogens with zero attached hydrogens (tertiary/aromatic N) is 1. The predicted octanol–water partition coefficient (Wildman–Crippen LogP) is 3.67. The highest BCUT2D eigenvalue weighted by atomic mass is 35.5. The molecule has 0 radical (unpaired) electrons. The summed E-state index contributed by atoms with van der Waals surface area (Å²) in [5, 5.41) is 4.16. The summed E-state index contributed by atoms with van der Waals surface area (Å²) in [6, 6.07) is 0.625. The van der Waals surface area contributed by atoms with Crippen LogP contribution in [0.1, 0.15) is 67.2 Å². The van der Waals surface area contributed by atoms with Crippen LogP contribution < -0.4 is 5.32 Å². The molecular formula is C21H45ClN2O2. The van der Waals surface area contributed by atoms with E-state index in [-0.39, 0.29) is 18.4 Å². The quantitative estimate of drug-likeness (QED) is 0.529. The molecule has 5 heteroatoms. The van der Waals surface area contributed by atoms with Crippen molar-refractivity contribution in [1.29, 1.82) is 0 Å². The highest BCUT2D eigenvalue weighted by Gasteiger charge is 2.26. The number of hydrogen-bond acceptors (Lipinski definition) is 2. The van der Waals surface area contributed by atoms with E-state index in [1.165, 1.54) is 45.3 Å². The normalized spacial score (nSPS) is 22.9. The third-order valence-corrected chi connectivity index (χ3v) is 5.94. The van der Waals surface area contributed by atoms with Crippen molar-refractivity contribution in [2.24, 2.45) is 17.8 Å². The standard InChI is InChI=1S/C20H37ClN2.CH4.2H2O/c1-15(2)13-22-20(16(3)4)14-23-11-9-18(10-12-23)17-5-7-19(21)8-6-17;;;/h5,15-16,18-20,22H,6-14H2,1-4H3;1H4;2*1H2/t19?,20-;;;/m0.../s1. The van der Waals surface area contributed by atoms with Crippen molar-refractivity contribution in [1.82, 2.24) is 10.2 Å². The highest BCUT2D eigenvalue weighted by molar-refractivity contribution is 6.20. The van der Waals surface area contributed by atoms with Crippen LogP contribution in [-0.2, 0) is 0 Å². The number of allylic oxidation sites excluding steroid dienone is 2. The third kappa shape index (κ3) is 9.18. The number of hydrogen-bond donors (Lipinski definition) is 1. The molecule has 5 N–H and O–H groups in total. The molecule has 26 heavy (non-hydrogen) atoms. The lowest BCUT2D eigenvalue weighted by atomic mass is 9.83. The zero-order chi connectivity index (χ0) is 16.8. The molecule has 4 nitrogen and oxygen atoms in total. The van der Waals surface area contributed by atoms with Crippen LogP contribution in [0, 0.1) is 17.8 Å². The maximum absolute atomic E-state index is 6.22. The van der Waals surface area contributed by atoms with Gasteiger partial charge in [-0.05, 0) is 69.5 Å². The molecule has 0 aromatic heterocycles. The number of likely N-dealkylation sites (tertiary alicyclic amines) is 1. The molecule has 0 aromatic carbocycles. The lowest BCUT2D eigenvalue weighted by Crippen LogP contribution is -2.47. The van der Waals surface area contributed by atoms with E-state index >= 15 is 0 Å². The van der Waals surface area contributed by atoms with Crippen LogP contribution in [0.25, 0.3) is 0 Å². The van der Waals surface area contributed by atoms with Gasteiger partial charge in [-0.1, -0.05) is 46.8 Å². The largest absolute Gasteiger partial charge is 0.412 e. The van der Waals surface area contributed by atoms with Gasteiger partial charge < -0.3 is 21.2 Å². The van der Waals surface area contributed by atoms with Crippen LogP contribution in [0.2, 0.25) is 0 Å². The maximum atomic E-state index is 6.22. The van der Waals surface area contributed by atoms with Gasteiger partial charge in [-0.3, -0.25) is 0 Å². The Bertz CT molecular complexity index is 380. The van der Waals surface area contributed by atoms with Crippen molar-refractivity contribution >= 4 is 11.6 Å². The van der Waals surface area contributed by atoms with Crippen LogP contribution >= 0.6 is 11.6 Å². The Morgan fingerprint density at radius 1 is 1.12 bits per heavy atom. The molecule has 1 heterocycles. The van der Waals surface area contributed by atoms with E-state index in [1.54, 1.807) is 5.57 Å². The van der Waals surface area contributed by atoms with Crippen LogP contribution in [0.4, 0.5) is 0 Å². The van der Waals surface area contributed by atoms with Gasteiger partial charge in [0.15, 0.2) is 0 Å².